The summed E-state index contributed by atoms with van der Waals surface area (Å²) < 4.78 is 0. The Morgan fingerprint density at radius 3 is 2.87 bits per heavy atom. The van der Waals surface area contributed by atoms with E-state index in [9.17, 15) is 0 Å². The molecule has 0 saturated heterocycles. The quantitative estimate of drug-likeness (QED) is 0.780. The number of anilines is 2. The van der Waals surface area contributed by atoms with Gasteiger partial charge in [-0.1, -0.05) is 19.8 Å². The van der Waals surface area contributed by atoms with Crippen LogP contribution in [0.15, 0.2) is 12.1 Å². The summed E-state index contributed by atoms with van der Waals surface area (Å²) in [5.74, 6) is 0.818. The molecule has 0 aliphatic heterocycles. The standard InChI is InChI=1S/C12H21N3/c1-4-5-6-9(2)14-12-11(13)8-7-10(3)15-12/h7-9H,4-6,13H2,1-3H3,(H,14,15). The van der Waals surface area contributed by atoms with E-state index in [1.54, 1.807) is 0 Å². The van der Waals surface area contributed by atoms with Gasteiger partial charge in [-0.05, 0) is 32.4 Å². The van der Waals surface area contributed by atoms with Gasteiger partial charge in [-0.3, -0.25) is 0 Å². The van der Waals surface area contributed by atoms with Gasteiger partial charge in [0.15, 0.2) is 0 Å². The maximum Gasteiger partial charge on any atom is 0.149 e. The number of nitrogens with one attached hydrogen (secondary N) is 1. The summed E-state index contributed by atoms with van der Waals surface area (Å²) in [5, 5.41) is 3.35. The highest BCUT2D eigenvalue weighted by Crippen LogP contribution is 2.17. The maximum atomic E-state index is 5.84. The summed E-state index contributed by atoms with van der Waals surface area (Å²) in [4.78, 5) is 4.38. The van der Waals surface area contributed by atoms with Crippen molar-refractivity contribution < 1.29 is 0 Å². The molecule has 15 heavy (non-hydrogen) atoms. The van der Waals surface area contributed by atoms with Crippen LogP contribution < -0.4 is 11.1 Å². The highest BCUT2D eigenvalue weighted by molar-refractivity contribution is 5.61. The van der Waals surface area contributed by atoms with Crippen molar-refractivity contribution in [3.05, 3.63) is 17.8 Å². The molecule has 0 radical (unpaired) electrons. The Morgan fingerprint density at radius 1 is 1.47 bits per heavy atom. The predicted molar refractivity (Wildman–Crippen MR) is 66.0 cm³/mol. The zero-order valence-corrected chi connectivity index (χ0v) is 9.88. The molecule has 0 aliphatic rings. The van der Waals surface area contributed by atoms with Gasteiger partial charge in [0.2, 0.25) is 0 Å². The Balaban J connectivity index is 2.59. The van der Waals surface area contributed by atoms with Crippen molar-refractivity contribution in [2.45, 2.75) is 46.1 Å². The van der Waals surface area contributed by atoms with Crippen LogP contribution in [0.25, 0.3) is 0 Å². The second kappa shape index (κ2) is 5.59. The van der Waals surface area contributed by atoms with E-state index in [1.807, 2.05) is 19.1 Å². The average Bonchev–Trinajstić information content (AvgIpc) is 2.20. The zero-order valence-electron chi connectivity index (χ0n) is 9.88. The van der Waals surface area contributed by atoms with Gasteiger partial charge in [0.25, 0.3) is 0 Å². The summed E-state index contributed by atoms with van der Waals surface area (Å²) in [6.45, 7) is 6.34. The molecule has 84 valence electrons. The lowest BCUT2D eigenvalue weighted by atomic mass is 10.1. The molecule has 1 atom stereocenters. The molecule has 0 fully saturated rings. The first-order chi connectivity index (χ1) is 7.13. The van der Waals surface area contributed by atoms with Crippen LogP contribution in [0.5, 0.6) is 0 Å². The van der Waals surface area contributed by atoms with E-state index in [2.05, 4.69) is 24.1 Å². The first kappa shape index (κ1) is 11.8. The SMILES string of the molecule is CCCCC(C)Nc1nc(C)ccc1N. The number of hydrogen-bond donors (Lipinski definition) is 2. The average molecular weight is 207 g/mol. The Kier molecular flexibility index (Phi) is 4.40. The van der Waals surface area contributed by atoms with Gasteiger partial charge in [0.1, 0.15) is 5.82 Å². The molecule has 1 unspecified atom stereocenters. The van der Waals surface area contributed by atoms with E-state index in [4.69, 9.17) is 5.73 Å². The van der Waals surface area contributed by atoms with E-state index >= 15 is 0 Å². The van der Waals surface area contributed by atoms with E-state index in [-0.39, 0.29) is 0 Å². The van der Waals surface area contributed by atoms with Crippen molar-refractivity contribution in [2.24, 2.45) is 0 Å². The van der Waals surface area contributed by atoms with E-state index < -0.39 is 0 Å². The van der Waals surface area contributed by atoms with Gasteiger partial charge in [0, 0.05) is 11.7 Å². The van der Waals surface area contributed by atoms with Gasteiger partial charge in [-0.25, -0.2) is 4.98 Å². The predicted octanol–water partition coefficient (Wildman–Crippen LogP) is 2.96. The summed E-state index contributed by atoms with van der Waals surface area (Å²) in [7, 11) is 0. The van der Waals surface area contributed by atoms with Gasteiger partial charge in [-0.15, -0.1) is 0 Å². The monoisotopic (exact) mass is 207 g/mol. The number of aryl methyl sites for hydroxylation is 1. The Hall–Kier alpha value is -1.25. The fraction of sp³-hybridized carbons (Fsp3) is 0.583. The number of unbranched alkanes of at least 4 members (excludes halogenated alkanes) is 1. The topological polar surface area (TPSA) is 50.9 Å². The lowest BCUT2D eigenvalue weighted by molar-refractivity contribution is 0.643. The van der Waals surface area contributed by atoms with Crippen molar-refractivity contribution in [3.63, 3.8) is 0 Å². The number of nitrogen functional groups attached to an aromatic ring is 1. The van der Waals surface area contributed by atoms with Crippen molar-refractivity contribution in [3.8, 4) is 0 Å². The number of aromatic nitrogens is 1. The molecule has 0 spiro atoms. The molecule has 3 heteroatoms. The molecular formula is C12H21N3. The van der Waals surface area contributed by atoms with Crippen LogP contribution in [0.2, 0.25) is 0 Å². The molecule has 3 N–H and O–H groups in total. The van der Waals surface area contributed by atoms with Gasteiger partial charge in [-0.2, -0.15) is 0 Å². The molecule has 1 rings (SSSR count). The lowest BCUT2D eigenvalue weighted by Crippen LogP contribution is -2.17. The second-order valence-corrected chi connectivity index (χ2v) is 4.08. The van der Waals surface area contributed by atoms with Crippen molar-refractivity contribution in [1.29, 1.82) is 0 Å². The van der Waals surface area contributed by atoms with Gasteiger partial charge < -0.3 is 11.1 Å². The normalized spacial score (nSPS) is 12.5. The summed E-state index contributed by atoms with van der Waals surface area (Å²) in [5.41, 5.74) is 7.56. The number of hydrogen-bond acceptors (Lipinski definition) is 3. The second-order valence-electron chi connectivity index (χ2n) is 4.08. The van der Waals surface area contributed by atoms with Crippen molar-refractivity contribution >= 4 is 11.5 Å². The van der Waals surface area contributed by atoms with Crippen LogP contribution in [0.4, 0.5) is 11.5 Å². The third-order valence-electron chi connectivity index (χ3n) is 2.44. The number of nitrogens with zero attached hydrogens (tertiary/aromatic N) is 1. The highest BCUT2D eigenvalue weighted by atomic mass is 15.0. The first-order valence-electron chi connectivity index (χ1n) is 5.63. The molecule has 1 aromatic rings. The van der Waals surface area contributed by atoms with Gasteiger partial charge in [0.05, 0.1) is 5.69 Å². The third-order valence-corrected chi connectivity index (χ3v) is 2.44. The molecule has 1 heterocycles. The van der Waals surface area contributed by atoms with Crippen LogP contribution in [-0.4, -0.2) is 11.0 Å². The molecule has 1 aromatic heterocycles. The Morgan fingerprint density at radius 2 is 2.20 bits per heavy atom. The Bertz CT molecular complexity index is 310. The van der Waals surface area contributed by atoms with E-state index in [0.717, 1.165) is 23.6 Å². The van der Waals surface area contributed by atoms with Crippen molar-refractivity contribution in [2.75, 3.05) is 11.1 Å². The molecule has 0 aromatic carbocycles. The zero-order chi connectivity index (χ0) is 11.3. The van der Waals surface area contributed by atoms with Gasteiger partial charge >= 0.3 is 0 Å². The number of pyridine rings is 1. The highest BCUT2D eigenvalue weighted by Gasteiger charge is 2.05. The molecule has 3 nitrogen and oxygen atoms in total. The summed E-state index contributed by atoms with van der Waals surface area (Å²) in [6.07, 6.45) is 3.62. The fourth-order valence-electron chi connectivity index (χ4n) is 1.50. The lowest BCUT2D eigenvalue weighted by Gasteiger charge is -2.15. The molecule has 0 amide bonds. The van der Waals surface area contributed by atoms with E-state index in [0.29, 0.717) is 6.04 Å². The largest absolute Gasteiger partial charge is 0.396 e. The minimum atomic E-state index is 0.432. The third kappa shape index (κ3) is 3.78. The molecule has 0 bridgehead atoms. The number of nitrogens with two attached hydrogens (primary N) is 1. The molecule has 0 saturated carbocycles. The Labute approximate surface area is 92.1 Å². The van der Waals surface area contributed by atoms with Crippen LogP contribution in [0.1, 0.15) is 38.8 Å². The first-order valence-corrected chi connectivity index (χ1v) is 5.63. The van der Waals surface area contributed by atoms with Crippen LogP contribution >= 0.6 is 0 Å². The van der Waals surface area contributed by atoms with Crippen LogP contribution in [-0.2, 0) is 0 Å². The minimum absolute atomic E-state index is 0.432. The molecular weight excluding hydrogens is 186 g/mol. The van der Waals surface area contributed by atoms with Crippen LogP contribution in [0, 0.1) is 6.92 Å². The smallest absolute Gasteiger partial charge is 0.149 e. The van der Waals surface area contributed by atoms with Crippen LogP contribution in [0.3, 0.4) is 0 Å². The molecule has 0 aliphatic carbocycles. The van der Waals surface area contributed by atoms with Crippen molar-refractivity contribution in [1.82, 2.24) is 4.98 Å². The maximum absolute atomic E-state index is 5.84. The minimum Gasteiger partial charge on any atom is -0.396 e. The number of rotatable bonds is 5. The summed E-state index contributed by atoms with van der Waals surface area (Å²) >= 11 is 0. The fourth-order valence-corrected chi connectivity index (χ4v) is 1.50. The van der Waals surface area contributed by atoms with E-state index in [1.165, 1.54) is 12.8 Å². The summed E-state index contributed by atoms with van der Waals surface area (Å²) in [6, 6.07) is 4.26.